The monoisotopic (exact) mass is 306 g/mol. The lowest BCUT2D eigenvalue weighted by Gasteiger charge is -2.31. The molecule has 0 spiro atoms. The third-order valence-electron chi connectivity index (χ3n) is 4.08. The van der Waals surface area contributed by atoms with Gasteiger partial charge in [0.25, 0.3) is 0 Å². The Bertz CT molecular complexity index is 547. The molecule has 0 aromatic heterocycles. The minimum absolute atomic E-state index is 0.0362. The molecule has 0 bridgehead atoms. The van der Waals surface area contributed by atoms with Gasteiger partial charge in [-0.25, -0.2) is 4.39 Å². The molecule has 2 rings (SSSR count). The van der Waals surface area contributed by atoms with Crippen LogP contribution in [0.5, 0.6) is 0 Å². The van der Waals surface area contributed by atoms with Crippen LogP contribution in [0.4, 0.5) is 10.1 Å². The van der Waals surface area contributed by atoms with Crippen molar-refractivity contribution in [3.63, 3.8) is 0 Å². The Morgan fingerprint density at radius 3 is 2.73 bits per heavy atom. The fraction of sp³-hybridized carbons (Fsp3) is 0.529. The van der Waals surface area contributed by atoms with Gasteiger partial charge in [-0.15, -0.1) is 0 Å². The highest BCUT2D eigenvalue weighted by Gasteiger charge is 2.22. The van der Waals surface area contributed by atoms with E-state index >= 15 is 0 Å². The fourth-order valence-electron chi connectivity index (χ4n) is 2.90. The molecule has 5 heteroatoms. The summed E-state index contributed by atoms with van der Waals surface area (Å²) in [7, 11) is 0. The molecule has 0 N–H and O–H groups in total. The molecule has 1 fully saturated rings. The van der Waals surface area contributed by atoms with Gasteiger partial charge in [-0.3, -0.25) is 9.59 Å². The van der Waals surface area contributed by atoms with Crippen molar-refractivity contribution in [1.29, 1.82) is 0 Å². The molecule has 1 saturated heterocycles. The number of carbonyl (C=O) groups is 2. The van der Waals surface area contributed by atoms with Crippen LogP contribution in [-0.4, -0.2) is 36.3 Å². The SMILES string of the molecule is CC(=O)N(CCC(=O)N1CCCC(C)C1)c1ccccc1F. The molecule has 1 heterocycles. The van der Waals surface area contributed by atoms with Crippen molar-refractivity contribution in [3.8, 4) is 0 Å². The van der Waals surface area contributed by atoms with E-state index in [1.807, 2.05) is 4.90 Å². The molecular formula is C17H23FN2O2. The summed E-state index contributed by atoms with van der Waals surface area (Å²) in [5.74, 6) is -0.149. The Morgan fingerprint density at radius 2 is 2.09 bits per heavy atom. The smallest absolute Gasteiger partial charge is 0.224 e. The second-order valence-electron chi connectivity index (χ2n) is 5.96. The number of para-hydroxylation sites is 1. The van der Waals surface area contributed by atoms with Gasteiger partial charge in [0.2, 0.25) is 11.8 Å². The molecule has 4 nitrogen and oxygen atoms in total. The van der Waals surface area contributed by atoms with Gasteiger partial charge in [-0.2, -0.15) is 0 Å². The molecule has 0 aliphatic carbocycles. The molecule has 1 atom stereocenters. The van der Waals surface area contributed by atoms with E-state index in [0.717, 1.165) is 25.9 Å². The van der Waals surface area contributed by atoms with Crippen molar-refractivity contribution in [3.05, 3.63) is 30.1 Å². The first-order chi connectivity index (χ1) is 10.5. The van der Waals surface area contributed by atoms with Crippen LogP contribution in [0.3, 0.4) is 0 Å². The fourth-order valence-corrected chi connectivity index (χ4v) is 2.90. The number of likely N-dealkylation sites (tertiary alicyclic amines) is 1. The van der Waals surface area contributed by atoms with E-state index in [9.17, 15) is 14.0 Å². The van der Waals surface area contributed by atoms with Crippen LogP contribution in [0.25, 0.3) is 0 Å². The van der Waals surface area contributed by atoms with Crippen LogP contribution in [0.1, 0.15) is 33.1 Å². The average Bonchev–Trinajstić information content (AvgIpc) is 2.48. The number of rotatable bonds is 4. The van der Waals surface area contributed by atoms with Crippen LogP contribution in [0.15, 0.2) is 24.3 Å². The summed E-state index contributed by atoms with van der Waals surface area (Å²) in [6.07, 6.45) is 2.40. The Hall–Kier alpha value is -1.91. The molecule has 1 aliphatic rings. The van der Waals surface area contributed by atoms with Crippen molar-refractivity contribution in [2.75, 3.05) is 24.5 Å². The Labute approximate surface area is 130 Å². The minimum Gasteiger partial charge on any atom is -0.342 e. The van der Waals surface area contributed by atoms with Gasteiger partial charge in [-0.05, 0) is 30.9 Å². The second-order valence-corrected chi connectivity index (χ2v) is 5.96. The molecule has 1 aliphatic heterocycles. The first-order valence-corrected chi connectivity index (χ1v) is 7.79. The van der Waals surface area contributed by atoms with Crippen LogP contribution >= 0.6 is 0 Å². The number of hydrogen-bond acceptors (Lipinski definition) is 2. The number of halogens is 1. The van der Waals surface area contributed by atoms with Crippen LogP contribution < -0.4 is 4.90 Å². The Balaban J connectivity index is 1.99. The molecule has 0 saturated carbocycles. The van der Waals surface area contributed by atoms with E-state index in [1.54, 1.807) is 18.2 Å². The van der Waals surface area contributed by atoms with Crippen molar-refractivity contribution < 1.29 is 14.0 Å². The summed E-state index contributed by atoms with van der Waals surface area (Å²) in [6.45, 7) is 5.29. The Morgan fingerprint density at radius 1 is 1.36 bits per heavy atom. The van der Waals surface area contributed by atoms with Gasteiger partial charge >= 0.3 is 0 Å². The number of hydrogen-bond donors (Lipinski definition) is 0. The van der Waals surface area contributed by atoms with Crippen molar-refractivity contribution >= 4 is 17.5 Å². The van der Waals surface area contributed by atoms with E-state index in [1.165, 1.54) is 17.9 Å². The van der Waals surface area contributed by atoms with E-state index in [0.29, 0.717) is 5.92 Å². The largest absolute Gasteiger partial charge is 0.342 e. The average molecular weight is 306 g/mol. The van der Waals surface area contributed by atoms with E-state index in [-0.39, 0.29) is 30.5 Å². The topological polar surface area (TPSA) is 40.6 Å². The maximum atomic E-state index is 13.8. The lowest BCUT2D eigenvalue weighted by Crippen LogP contribution is -2.41. The molecule has 1 aromatic carbocycles. The molecule has 120 valence electrons. The summed E-state index contributed by atoms with van der Waals surface area (Å²) in [6, 6.07) is 6.14. The zero-order chi connectivity index (χ0) is 16.1. The third-order valence-corrected chi connectivity index (χ3v) is 4.08. The Kier molecular flexibility index (Phi) is 5.52. The zero-order valence-corrected chi connectivity index (χ0v) is 13.2. The predicted molar refractivity (Wildman–Crippen MR) is 84.0 cm³/mol. The number of amides is 2. The summed E-state index contributed by atoms with van der Waals surface area (Å²) < 4.78 is 13.8. The van der Waals surface area contributed by atoms with Crippen LogP contribution in [-0.2, 0) is 9.59 Å². The van der Waals surface area contributed by atoms with Crippen LogP contribution in [0, 0.1) is 11.7 Å². The van der Waals surface area contributed by atoms with Gasteiger partial charge in [0.15, 0.2) is 0 Å². The number of anilines is 1. The van der Waals surface area contributed by atoms with E-state index < -0.39 is 5.82 Å². The molecule has 1 unspecified atom stereocenters. The maximum Gasteiger partial charge on any atom is 0.224 e. The molecule has 0 radical (unpaired) electrons. The quantitative estimate of drug-likeness (QED) is 0.858. The third kappa shape index (κ3) is 4.06. The highest BCUT2D eigenvalue weighted by Crippen LogP contribution is 2.20. The lowest BCUT2D eigenvalue weighted by molar-refractivity contribution is -0.132. The van der Waals surface area contributed by atoms with Crippen molar-refractivity contribution in [2.24, 2.45) is 5.92 Å². The maximum absolute atomic E-state index is 13.8. The van der Waals surface area contributed by atoms with E-state index in [2.05, 4.69) is 6.92 Å². The van der Waals surface area contributed by atoms with Gasteiger partial charge < -0.3 is 9.80 Å². The summed E-state index contributed by atoms with van der Waals surface area (Å²) in [5.41, 5.74) is 0.231. The summed E-state index contributed by atoms with van der Waals surface area (Å²) >= 11 is 0. The summed E-state index contributed by atoms with van der Waals surface area (Å²) in [5, 5.41) is 0. The van der Waals surface area contributed by atoms with E-state index in [4.69, 9.17) is 0 Å². The standard InChI is InChI=1S/C17H23FN2O2/c1-13-6-5-10-19(12-13)17(22)9-11-20(14(2)21)16-8-4-3-7-15(16)18/h3-4,7-8,13H,5-6,9-12H2,1-2H3. The van der Waals surface area contributed by atoms with Gasteiger partial charge in [0, 0.05) is 33.0 Å². The molecule has 22 heavy (non-hydrogen) atoms. The first-order valence-electron chi connectivity index (χ1n) is 7.79. The first kappa shape index (κ1) is 16.5. The number of piperidine rings is 1. The predicted octanol–water partition coefficient (Wildman–Crippen LogP) is 2.83. The molecule has 1 aromatic rings. The zero-order valence-electron chi connectivity index (χ0n) is 13.2. The number of carbonyl (C=O) groups excluding carboxylic acids is 2. The number of benzene rings is 1. The second kappa shape index (κ2) is 7.38. The van der Waals surface area contributed by atoms with Crippen molar-refractivity contribution in [2.45, 2.75) is 33.1 Å². The number of nitrogens with zero attached hydrogens (tertiary/aromatic N) is 2. The van der Waals surface area contributed by atoms with Gasteiger partial charge in [0.1, 0.15) is 5.82 Å². The highest BCUT2D eigenvalue weighted by molar-refractivity contribution is 5.92. The molecular weight excluding hydrogens is 283 g/mol. The summed E-state index contributed by atoms with van der Waals surface area (Å²) in [4.78, 5) is 27.2. The minimum atomic E-state index is -0.447. The lowest BCUT2D eigenvalue weighted by atomic mass is 10.00. The van der Waals surface area contributed by atoms with Crippen molar-refractivity contribution in [1.82, 2.24) is 4.90 Å². The van der Waals surface area contributed by atoms with Gasteiger partial charge in [-0.1, -0.05) is 19.1 Å². The highest BCUT2D eigenvalue weighted by atomic mass is 19.1. The van der Waals surface area contributed by atoms with Crippen LogP contribution in [0.2, 0.25) is 0 Å². The normalized spacial score (nSPS) is 18.1. The van der Waals surface area contributed by atoms with Gasteiger partial charge in [0.05, 0.1) is 5.69 Å². The molecule has 2 amide bonds.